The fourth-order valence-electron chi connectivity index (χ4n) is 8.44. The second-order valence-electron chi connectivity index (χ2n) is 14.7. The van der Waals surface area contributed by atoms with Crippen LogP contribution in [0.5, 0.6) is 0 Å². The van der Waals surface area contributed by atoms with Crippen LogP contribution < -0.4 is 0 Å². The normalized spacial score (nSPS) is 29.9. The lowest BCUT2D eigenvalue weighted by Gasteiger charge is -2.45. The van der Waals surface area contributed by atoms with Crippen molar-refractivity contribution in [1.82, 2.24) is 14.7 Å². The summed E-state index contributed by atoms with van der Waals surface area (Å²) in [6, 6.07) is 8.79. The van der Waals surface area contributed by atoms with Crippen molar-refractivity contribution >= 4 is 17.7 Å². The lowest BCUT2D eigenvalue weighted by Crippen LogP contribution is -2.61. The van der Waals surface area contributed by atoms with Crippen LogP contribution in [0.4, 0.5) is 0 Å². The highest BCUT2D eigenvalue weighted by molar-refractivity contribution is 5.99. The number of nitrogens with zero attached hydrogens (tertiary/aromatic N) is 3. The summed E-state index contributed by atoms with van der Waals surface area (Å²) in [5.41, 5.74) is -1.74. The Hall–Kier alpha value is -2.97. The Labute approximate surface area is 257 Å². The third-order valence-electron chi connectivity index (χ3n) is 9.80. The number of aliphatic hydroxyl groups excluding tert-OH is 1. The SMILES string of the molecule is C=CCN(Cc1ccccc1)C(=O)[C@H]1[C@H]2C(=O)N(CCO)C(C(=O)N(CC=C)C(C)(C)CC(C)(C)C)C23CC(C)[C@]1(C)O3. The van der Waals surface area contributed by atoms with E-state index in [1.807, 2.05) is 62.9 Å². The minimum atomic E-state index is -1.18. The zero-order valence-electron chi connectivity index (χ0n) is 27.1. The lowest BCUT2D eigenvalue weighted by molar-refractivity contribution is -0.158. The molecule has 2 bridgehead atoms. The highest BCUT2D eigenvalue weighted by Crippen LogP contribution is 2.65. The summed E-state index contributed by atoms with van der Waals surface area (Å²) in [5, 5.41) is 10.1. The quantitative estimate of drug-likeness (QED) is 0.362. The fourth-order valence-corrected chi connectivity index (χ4v) is 8.44. The van der Waals surface area contributed by atoms with Crippen molar-refractivity contribution in [2.45, 2.75) is 90.6 Å². The van der Waals surface area contributed by atoms with E-state index in [0.717, 1.165) is 12.0 Å². The number of carbonyl (C=O) groups excluding carboxylic acids is 3. The Morgan fingerprint density at radius 1 is 1.09 bits per heavy atom. The topological polar surface area (TPSA) is 90.4 Å². The Kier molecular flexibility index (Phi) is 9.07. The maximum absolute atomic E-state index is 14.8. The van der Waals surface area contributed by atoms with Crippen molar-refractivity contribution in [3.63, 3.8) is 0 Å². The van der Waals surface area contributed by atoms with Gasteiger partial charge in [0.1, 0.15) is 11.6 Å². The molecule has 6 atom stereocenters. The van der Waals surface area contributed by atoms with Gasteiger partial charge >= 0.3 is 0 Å². The maximum Gasteiger partial charge on any atom is 0.249 e. The van der Waals surface area contributed by atoms with E-state index >= 15 is 0 Å². The molecule has 3 amide bonds. The molecule has 0 saturated carbocycles. The predicted molar refractivity (Wildman–Crippen MR) is 168 cm³/mol. The molecule has 8 heteroatoms. The van der Waals surface area contributed by atoms with Crippen LogP contribution >= 0.6 is 0 Å². The first-order chi connectivity index (χ1) is 20.1. The number of amides is 3. The van der Waals surface area contributed by atoms with Crippen LogP contribution in [0.15, 0.2) is 55.6 Å². The molecule has 0 aliphatic carbocycles. The zero-order valence-corrected chi connectivity index (χ0v) is 27.1. The number of aliphatic hydroxyl groups is 1. The van der Waals surface area contributed by atoms with Crippen LogP contribution in [0.25, 0.3) is 0 Å². The minimum absolute atomic E-state index is 0.00906. The van der Waals surface area contributed by atoms with E-state index in [-0.39, 0.29) is 42.2 Å². The second kappa shape index (κ2) is 11.8. The highest BCUT2D eigenvalue weighted by Gasteiger charge is 2.80. The van der Waals surface area contributed by atoms with Crippen LogP contribution in [0.1, 0.15) is 66.9 Å². The number of hydrogen-bond acceptors (Lipinski definition) is 5. The molecule has 3 fully saturated rings. The number of likely N-dealkylation sites (tertiary alicyclic amines) is 1. The van der Waals surface area contributed by atoms with Crippen LogP contribution in [0, 0.1) is 23.2 Å². The smallest absolute Gasteiger partial charge is 0.249 e. The molecule has 8 nitrogen and oxygen atoms in total. The summed E-state index contributed by atoms with van der Waals surface area (Å²) in [4.78, 5) is 48.8. The first-order valence-electron chi connectivity index (χ1n) is 15.6. The number of benzene rings is 1. The van der Waals surface area contributed by atoms with E-state index in [4.69, 9.17) is 4.74 Å². The van der Waals surface area contributed by atoms with Gasteiger partial charge in [-0.05, 0) is 50.5 Å². The number of hydrogen-bond donors (Lipinski definition) is 1. The zero-order chi connectivity index (χ0) is 32.0. The van der Waals surface area contributed by atoms with Crippen molar-refractivity contribution in [1.29, 1.82) is 0 Å². The van der Waals surface area contributed by atoms with Crippen molar-refractivity contribution in [2.24, 2.45) is 23.2 Å². The van der Waals surface area contributed by atoms with E-state index in [9.17, 15) is 19.5 Å². The molecule has 1 aromatic carbocycles. The molecule has 0 aromatic heterocycles. The van der Waals surface area contributed by atoms with Gasteiger partial charge in [0.05, 0.1) is 24.0 Å². The number of rotatable bonds is 12. The van der Waals surface area contributed by atoms with Crippen molar-refractivity contribution in [3.05, 3.63) is 61.2 Å². The number of fused-ring (bicyclic) bond motifs is 1. The standard InChI is InChI=1S/C35H51N3O5/c1-10-17-36(22-25-15-13-12-14-16-25)29(40)26-27-30(41)37(19-20-39)28(35(27)21-24(3)34(26,9)43-35)31(42)38(18-11-2)33(7,8)23-32(4,5)6/h10-16,24,26-28,39H,1-2,17-23H2,3-9H3/t24?,26-,27+,28?,34+,35?/m1/s1. The summed E-state index contributed by atoms with van der Waals surface area (Å²) >= 11 is 0. The maximum atomic E-state index is 14.8. The third kappa shape index (κ3) is 5.68. The molecular weight excluding hydrogens is 542 g/mol. The summed E-state index contributed by atoms with van der Waals surface area (Å²) in [5.74, 6) is -2.39. The lowest BCUT2D eigenvalue weighted by atomic mass is 9.62. The molecule has 4 rings (SSSR count). The van der Waals surface area contributed by atoms with Gasteiger partial charge in [0.25, 0.3) is 0 Å². The molecule has 1 N–H and O–H groups in total. The van der Waals surface area contributed by atoms with Crippen LogP contribution in [0.2, 0.25) is 0 Å². The first-order valence-corrected chi connectivity index (χ1v) is 15.6. The molecule has 3 saturated heterocycles. The Morgan fingerprint density at radius 3 is 2.28 bits per heavy atom. The van der Waals surface area contributed by atoms with Crippen LogP contribution in [-0.4, -0.2) is 86.6 Å². The molecule has 1 aromatic rings. The molecule has 1 spiro atoms. The Morgan fingerprint density at radius 2 is 1.72 bits per heavy atom. The van der Waals surface area contributed by atoms with Gasteiger partial charge in [-0.25, -0.2) is 0 Å². The predicted octanol–water partition coefficient (Wildman–Crippen LogP) is 4.43. The van der Waals surface area contributed by atoms with E-state index < -0.39 is 34.6 Å². The molecule has 3 aliphatic heterocycles. The third-order valence-corrected chi connectivity index (χ3v) is 9.80. The van der Waals surface area contributed by atoms with Crippen molar-refractivity contribution in [2.75, 3.05) is 26.2 Å². The summed E-state index contributed by atoms with van der Waals surface area (Å²) in [7, 11) is 0. The molecule has 3 heterocycles. The van der Waals surface area contributed by atoms with E-state index in [1.54, 1.807) is 17.1 Å². The Balaban J connectivity index is 1.79. The molecule has 236 valence electrons. The molecular formula is C35H51N3O5. The van der Waals surface area contributed by atoms with E-state index in [0.29, 0.717) is 26.1 Å². The minimum Gasteiger partial charge on any atom is -0.395 e. The summed E-state index contributed by atoms with van der Waals surface area (Å²) in [6.07, 6.45) is 4.61. The molecule has 3 unspecified atom stereocenters. The summed E-state index contributed by atoms with van der Waals surface area (Å²) < 4.78 is 6.93. The average Bonchev–Trinajstić information content (AvgIpc) is 3.42. The Bertz CT molecular complexity index is 1240. The van der Waals surface area contributed by atoms with Gasteiger partial charge in [-0.15, -0.1) is 13.2 Å². The van der Waals surface area contributed by atoms with E-state index in [1.165, 1.54) is 4.90 Å². The first kappa shape index (κ1) is 32.9. The monoisotopic (exact) mass is 593 g/mol. The van der Waals surface area contributed by atoms with E-state index in [2.05, 4.69) is 33.9 Å². The number of β-amino-alcohol motifs (C(OH)–C–C–N with tert-alkyl or cyclic N) is 1. The number of ether oxygens (including phenoxy) is 1. The number of carbonyl (C=O) groups is 3. The van der Waals surface area contributed by atoms with Gasteiger partial charge in [-0.3, -0.25) is 14.4 Å². The average molecular weight is 594 g/mol. The fraction of sp³-hybridized carbons (Fsp3) is 0.629. The van der Waals surface area contributed by atoms with Crippen molar-refractivity contribution in [3.8, 4) is 0 Å². The van der Waals surface area contributed by atoms with Crippen molar-refractivity contribution < 1.29 is 24.2 Å². The van der Waals surface area contributed by atoms with Gasteiger partial charge in [0.2, 0.25) is 17.7 Å². The largest absolute Gasteiger partial charge is 0.395 e. The second-order valence-corrected chi connectivity index (χ2v) is 14.7. The summed E-state index contributed by atoms with van der Waals surface area (Å²) in [6.45, 7) is 23.0. The van der Waals surface area contributed by atoms with Crippen LogP contribution in [-0.2, 0) is 25.7 Å². The van der Waals surface area contributed by atoms with Gasteiger partial charge in [0, 0.05) is 31.7 Å². The molecule has 43 heavy (non-hydrogen) atoms. The highest BCUT2D eigenvalue weighted by atomic mass is 16.5. The van der Waals surface area contributed by atoms with Gasteiger partial charge in [-0.2, -0.15) is 0 Å². The van der Waals surface area contributed by atoms with Gasteiger partial charge < -0.3 is 24.5 Å². The molecule has 0 radical (unpaired) electrons. The molecule has 3 aliphatic rings. The van der Waals surface area contributed by atoms with Gasteiger partial charge in [0.15, 0.2) is 0 Å². The van der Waals surface area contributed by atoms with Gasteiger partial charge in [-0.1, -0.05) is 70.2 Å². The van der Waals surface area contributed by atoms with Crippen LogP contribution in [0.3, 0.4) is 0 Å².